The molecule has 1 amide bonds. The van der Waals surface area contributed by atoms with E-state index in [1.807, 2.05) is 37.3 Å². The average molecular weight is 441 g/mol. The van der Waals surface area contributed by atoms with Gasteiger partial charge in [0.15, 0.2) is 0 Å². The van der Waals surface area contributed by atoms with Crippen molar-refractivity contribution < 1.29 is 13.2 Å². The Balaban J connectivity index is 1.72. The van der Waals surface area contributed by atoms with E-state index in [1.54, 1.807) is 36.9 Å². The van der Waals surface area contributed by atoms with Crippen LogP contribution in [0.5, 0.6) is 0 Å². The number of sulfonamides is 1. The lowest BCUT2D eigenvalue weighted by molar-refractivity contribution is 0.102. The highest BCUT2D eigenvalue weighted by atomic mass is 32.2. The lowest BCUT2D eigenvalue weighted by Crippen LogP contribution is -2.16. The smallest absolute Gasteiger partial charge is 0.256 e. The van der Waals surface area contributed by atoms with Crippen LogP contribution in [-0.2, 0) is 15.8 Å². The number of benzene rings is 3. The molecular weight excluding hydrogens is 416 g/mol. The summed E-state index contributed by atoms with van der Waals surface area (Å²) in [6.45, 7) is 3.68. The molecule has 0 heterocycles. The van der Waals surface area contributed by atoms with Crippen molar-refractivity contribution in [3.63, 3.8) is 0 Å². The van der Waals surface area contributed by atoms with Gasteiger partial charge in [-0.3, -0.25) is 9.52 Å². The van der Waals surface area contributed by atoms with Crippen molar-refractivity contribution in [2.45, 2.75) is 24.5 Å². The first kappa shape index (κ1) is 21.9. The zero-order valence-corrected chi connectivity index (χ0v) is 18.7. The maximum Gasteiger partial charge on any atom is 0.256 e. The summed E-state index contributed by atoms with van der Waals surface area (Å²) in [7, 11) is -3.42. The second-order valence-electron chi connectivity index (χ2n) is 7.06. The molecule has 0 bridgehead atoms. The van der Waals surface area contributed by atoms with Crippen LogP contribution in [0.15, 0.2) is 71.6 Å². The van der Waals surface area contributed by atoms with Gasteiger partial charge in [-0.1, -0.05) is 36.4 Å². The first-order valence-corrected chi connectivity index (χ1v) is 12.3. The topological polar surface area (TPSA) is 75.3 Å². The molecule has 0 saturated carbocycles. The van der Waals surface area contributed by atoms with E-state index in [1.165, 1.54) is 10.5 Å². The van der Waals surface area contributed by atoms with Gasteiger partial charge in [0, 0.05) is 21.9 Å². The molecule has 0 aliphatic carbocycles. The second-order valence-corrected chi connectivity index (χ2v) is 9.85. The van der Waals surface area contributed by atoms with Crippen molar-refractivity contribution in [2.24, 2.45) is 0 Å². The molecule has 2 N–H and O–H groups in total. The largest absolute Gasteiger partial charge is 0.322 e. The van der Waals surface area contributed by atoms with Crippen LogP contribution in [0.4, 0.5) is 11.4 Å². The van der Waals surface area contributed by atoms with E-state index in [0.717, 1.165) is 23.3 Å². The summed E-state index contributed by atoms with van der Waals surface area (Å²) in [5.74, 6) is 0.566. The fourth-order valence-electron chi connectivity index (χ4n) is 3.02. The minimum atomic E-state index is -3.42. The van der Waals surface area contributed by atoms with Crippen molar-refractivity contribution >= 4 is 39.1 Å². The van der Waals surface area contributed by atoms with E-state index < -0.39 is 10.0 Å². The van der Waals surface area contributed by atoms with Gasteiger partial charge in [0.2, 0.25) is 10.0 Å². The lowest BCUT2D eigenvalue weighted by Gasteiger charge is -2.14. The van der Waals surface area contributed by atoms with E-state index in [0.29, 0.717) is 16.8 Å². The van der Waals surface area contributed by atoms with Crippen LogP contribution in [0, 0.1) is 13.8 Å². The number of thioether (sulfide) groups is 1. The van der Waals surface area contributed by atoms with Crippen molar-refractivity contribution in [1.82, 2.24) is 0 Å². The zero-order valence-electron chi connectivity index (χ0n) is 17.1. The summed E-state index contributed by atoms with van der Waals surface area (Å²) in [6, 6.07) is 21.2. The van der Waals surface area contributed by atoms with E-state index >= 15 is 0 Å². The summed E-state index contributed by atoms with van der Waals surface area (Å²) < 4.78 is 25.5. The molecule has 7 heteroatoms. The van der Waals surface area contributed by atoms with Gasteiger partial charge in [-0.2, -0.15) is 0 Å². The maximum atomic E-state index is 12.8. The van der Waals surface area contributed by atoms with Crippen LogP contribution < -0.4 is 10.0 Å². The first-order chi connectivity index (χ1) is 14.2. The Morgan fingerprint density at radius 3 is 2.33 bits per heavy atom. The molecule has 3 aromatic carbocycles. The van der Waals surface area contributed by atoms with Crippen LogP contribution in [0.3, 0.4) is 0 Å². The molecule has 0 saturated heterocycles. The van der Waals surface area contributed by atoms with Crippen LogP contribution in [0.2, 0.25) is 0 Å². The molecule has 0 atom stereocenters. The van der Waals surface area contributed by atoms with Gasteiger partial charge >= 0.3 is 0 Å². The van der Waals surface area contributed by atoms with E-state index in [2.05, 4.69) is 28.2 Å². The van der Waals surface area contributed by atoms with Crippen molar-refractivity contribution in [1.29, 1.82) is 0 Å². The number of hydrogen-bond acceptors (Lipinski definition) is 4. The molecule has 30 heavy (non-hydrogen) atoms. The van der Waals surface area contributed by atoms with Gasteiger partial charge in [-0.15, -0.1) is 11.8 Å². The fourth-order valence-corrected chi connectivity index (χ4v) is 4.50. The van der Waals surface area contributed by atoms with Gasteiger partial charge in [0.05, 0.1) is 11.9 Å². The number of nitrogens with one attached hydrogen (secondary N) is 2. The standard InChI is InChI=1S/C23H24N2O3S2/c1-16-14-18(15-29-19-8-5-4-6-9-19)12-13-21(16)24-23(26)20-10-7-11-22(17(20)2)25-30(3,27)28/h4-14,25H,15H2,1-3H3,(H,24,26). The average Bonchev–Trinajstić information content (AvgIpc) is 2.69. The minimum Gasteiger partial charge on any atom is -0.322 e. The molecular formula is C23H24N2O3S2. The molecule has 0 aromatic heterocycles. The van der Waals surface area contributed by atoms with Crippen molar-refractivity contribution in [2.75, 3.05) is 16.3 Å². The Labute approximate surface area is 182 Å². The highest BCUT2D eigenvalue weighted by Gasteiger charge is 2.15. The molecule has 3 aromatic rings. The van der Waals surface area contributed by atoms with Crippen LogP contribution in [-0.4, -0.2) is 20.6 Å². The van der Waals surface area contributed by atoms with Gasteiger partial charge in [-0.05, 0) is 60.9 Å². The Morgan fingerprint density at radius 1 is 0.933 bits per heavy atom. The van der Waals surface area contributed by atoms with Crippen LogP contribution in [0.1, 0.15) is 27.0 Å². The quantitative estimate of drug-likeness (QED) is 0.494. The number of rotatable bonds is 7. The van der Waals surface area contributed by atoms with Crippen molar-refractivity contribution in [3.8, 4) is 0 Å². The first-order valence-electron chi connectivity index (χ1n) is 9.39. The third kappa shape index (κ3) is 5.87. The number of carbonyl (C=O) groups is 1. The molecule has 156 valence electrons. The molecule has 3 rings (SSSR count). The fraction of sp³-hybridized carbons (Fsp3) is 0.174. The van der Waals surface area contributed by atoms with Crippen molar-refractivity contribution in [3.05, 3.63) is 89.0 Å². The molecule has 0 aliphatic rings. The summed E-state index contributed by atoms with van der Waals surface area (Å²) in [6.07, 6.45) is 1.08. The number of anilines is 2. The predicted molar refractivity (Wildman–Crippen MR) is 125 cm³/mol. The van der Waals surface area contributed by atoms with E-state index in [9.17, 15) is 13.2 Å². The normalized spacial score (nSPS) is 11.2. The zero-order chi connectivity index (χ0) is 21.7. The Hall–Kier alpha value is -2.77. The number of amides is 1. The molecule has 0 fully saturated rings. The molecule has 0 unspecified atom stereocenters. The summed E-state index contributed by atoms with van der Waals surface area (Å²) in [5, 5.41) is 2.94. The lowest BCUT2D eigenvalue weighted by atomic mass is 10.1. The maximum absolute atomic E-state index is 12.8. The van der Waals surface area contributed by atoms with Crippen LogP contribution in [0.25, 0.3) is 0 Å². The Kier molecular flexibility index (Phi) is 6.84. The summed E-state index contributed by atoms with van der Waals surface area (Å²) in [4.78, 5) is 14.0. The van der Waals surface area contributed by atoms with Gasteiger partial charge in [0.1, 0.15) is 0 Å². The monoisotopic (exact) mass is 440 g/mol. The number of hydrogen-bond donors (Lipinski definition) is 2. The third-order valence-corrected chi connectivity index (χ3v) is 6.24. The highest BCUT2D eigenvalue weighted by molar-refractivity contribution is 7.98. The summed E-state index contributed by atoms with van der Waals surface area (Å²) in [5.41, 5.74) is 4.28. The van der Waals surface area contributed by atoms with Gasteiger partial charge in [0.25, 0.3) is 5.91 Å². The minimum absolute atomic E-state index is 0.279. The molecule has 5 nitrogen and oxygen atoms in total. The summed E-state index contributed by atoms with van der Waals surface area (Å²) >= 11 is 1.76. The van der Waals surface area contributed by atoms with Crippen LogP contribution >= 0.6 is 11.8 Å². The predicted octanol–water partition coefficient (Wildman–Crippen LogP) is 5.22. The molecule has 0 radical (unpaired) electrons. The number of aryl methyl sites for hydroxylation is 1. The molecule has 0 spiro atoms. The number of carbonyl (C=O) groups excluding carboxylic acids is 1. The highest BCUT2D eigenvalue weighted by Crippen LogP contribution is 2.26. The third-order valence-electron chi connectivity index (χ3n) is 4.56. The van der Waals surface area contributed by atoms with E-state index in [4.69, 9.17) is 0 Å². The van der Waals surface area contributed by atoms with Gasteiger partial charge < -0.3 is 5.32 Å². The Morgan fingerprint density at radius 2 is 1.67 bits per heavy atom. The molecule has 0 aliphatic heterocycles. The van der Waals surface area contributed by atoms with E-state index in [-0.39, 0.29) is 5.91 Å². The SMILES string of the molecule is Cc1cc(CSc2ccccc2)ccc1NC(=O)c1cccc(NS(C)(=O)=O)c1C. The second kappa shape index (κ2) is 9.36. The van der Waals surface area contributed by atoms with Gasteiger partial charge in [-0.25, -0.2) is 8.42 Å². The Bertz CT molecular complexity index is 1160.